The van der Waals surface area contributed by atoms with Crippen LogP contribution >= 0.6 is 0 Å². The van der Waals surface area contributed by atoms with Crippen LogP contribution in [0.2, 0.25) is 0 Å². The Morgan fingerprint density at radius 1 is 1.40 bits per heavy atom. The van der Waals surface area contributed by atoms with Gasteiger partial charge in [-0.2, -0.15) is 0 Å². The van der Waals surface area contributed by atoms with Crippen LogP contribution in [0.1, 0.15) is 34.8 Å². The van der Waals surface area contributed by atoms with Crippen molar-refractivity contribution in [2.24, 2.45) is 0 Å². The van der Waals surface area contributed by atoms with Crippen LogP contribution in [0, 0.1) is 0 Å². The molecule has 0 aromatic carbocycles. The average molecular weight is 206 g/mol. The van der Waals surface area contributed by atoms with E-state index in [4.69, 9.17) is 0 Å². The van der Waals surface area contributed by atoms with E-state index in [1.165, 1.54) is 0 Å². The van der Waals surface area contributed by atoms with E-state index in [9.17, 15) is 4.79 Å². The van der Waals surface area contributed by atoms with E-state index in [-0.39, 0.29) is 5.91 Å². The molecule has 0 saturated heterocycles. The first-order valence-corrected chi connectivity index (χ1v) is 5.03. The molecule has 1 aromatic heterocycles. The first-order chi connectivity index (χ1) is 7.26. The number of amides is 1. The Balaban J connectivity index is 2.39. The molecule has 5 nitrogen and oxygen atoms in total. The standard InChI is InChI=1S/C10H14N4O/c1-11-8-5-7(6-3-4-6)9(14-13-8)10(15)12-2/h5-6H,3-4H2,1-2H3,(H,11,13)(H,12,15). The van der Waals surface area contributed by atoms with Gasteiger partial charge in [-0.05, 0) is 30.4 Å². The molecule has 80 valence electrons. The lowest BCUT2D eigenvalue weighted by Crippen LogP contribution is -2.21. The van der Waals surface area contributed by atoms with Crippen molar-refractivity contribution in [3.8, 4) is 0 Å². The number of anilines is 1. The lowest BCUT2D eigenvalue weighted by molar-refractivity contribution is 0.0956. The molecule has 1 amide bonds. The van der Waals surface area contributed by atoms with Gasteiger partial charge in [0.25, 0.3) is 5.91 Å². The van der Waals surface area contributed by atoms with E-state index in [1.54, 1.807) is 14.1 Å². The predicted octanol–water partition coefficient (Wildman–Crippen LogP) is 0.755. The van der Waals surface area contributed by atoms with E-state index in [0.29, 0.717) is 17.4 Å². The molecule has 1 fully saturated rings. The molecule has 1 aliphatic carbocycles. The minimum absolute atomic E-state index is 0.160. The first-order valence-electron chi connectivity index (χ1n) is 5.03. The molecule has 0 radical (unpaired) electrons. The summed E-state index contributed by atoms with van der Waals surface area (Å²) in [6.45, 7) is 0. The number of nitrogens with one attached hydrogen (secondary N) is 2. The second-order valence-electron chi connectivity index (χ2n) is 3.64. The summed E-state index contributed by atoms with van der Waals surface area (Å²) < 4.78 is 0. The van der Waals surface area contributed by atoms with Gasteiger partial charge in [0.15, 0.2) is 5.69 Å². The van der Waals surface area contributed by atoms with Crippen LogP contribution in [-0.4, -0.2) is 30.2 Å². The van der Waals surface area contributed by atoms with Crippen molar-refractivity contribution in [2.45, 2.75) is 18.8 Å². The zero-order valence-corrected chi connectivity index (χ0v) is 8.87. The van der Waals surface area contributed by atoms with Crippen LogP contribution in [0.5, 0.6) is 0 Å². The molecule has 0 spiro atoms. The van der Waals surface area contributed by atoms with Crippen molar-refractivity contribution in [1.82, 2.24) is 15.5 Å². The van der Waals surface area contributed by atoms with Gasteiger partial charge in [0.1, 0.15) is 5.82 Å². The van der Waals surface area contributed by atoms with Crippen molar-refractivity contribution in [3.63, 3.8) is 0 Å². The van der Waals surface area contributed by atoms with Crippen molar-refractivity contribution in [3.05, 3.63) is 17.3 Å². The maximum absolute atomic E-state index is 11.5. The third-order valence-electron chi connectivity index (χ3n) is 2.54. The van der Waals surface area contributed by atoms with Crippen molar-refractivity contribution in [1.29, 1.82) is 0 Å². The summed E-state index contributed by atoms with van der Waals surface area (Å²) in [5.41, 5.74) is 1.47. The summed E-state index contributed by atoms with van der Waals surface area (Å²) in [6.07, 6.45) is 2.28. The molecule has 0 atom stereocenters. The third kappa shape index (κ3) is 1.91. The minimum atomic E-state index is -0.160. The van der Waals surface area contributed by atoms with Crippen LogP contribution in [-0.2, 0) is 0 Å². The number of aromatic nitrogens is 2. The van der Waals surface area contributed by atoms with Gasteiger partial charge in [-0.1, -0.05) is 0 Å². The predicted molar refractivity (Wildman–Crippen MR) is 56.9 cm³/mol. The molecule has 0 unspecified atom stereocenters. The van der Waals surface area contributed by atoms with E-state index in [1.807, 2.05) is 6.07 Å². The highest BCUT2D eigenvalue weighted by Crippen LogP contribution is 2.41. The summed E-state index contributed by atoms with van der Waals surface area (Å²) in [6, 6.07) is 1.91. The summed E-state index contributed by atoms with van der Waals surface area (Å²) in [5, 5.41) is 13.4. The van der Waals surface area contributed by atoms with Crippen molar-refractivity contribution >= 4 is 11.7 Å². The molecular formula is C10H14N4O. The molecule has 1 aromatic rings. The molecule has 1 aliphatic rings. The Kier molecular flexibility index (Phi) is 2.53. The van der Waals surface area contributed by atoms with Gasteiger partial charge in [0.05, 0.1) is 0 Å². The van der Waals surface area contributed by atoms with E-state index >= 15 is 0 Å². The first kappa shape index (κ1) is 9.89. The minimum Gasteiger partial charge on any atom is -0.372 e. The molecule has 0 bridgehead atoms. The third-order valence-corrected chi connectivity index (χ3v) is 2.54. The second-order valence-corrected chi connectivity index (χ2v) is 3.64. The molecule has 0 aliphatic heterocycles. The van der Waals surface area contributed by atoms with Gasteiger partial charge in [0, 0.05) is 14.1 Å². The van der Waals surface area contributed by atoms with Crippen molar-refractivity contribution in [2.75, 3.05) is 19.4 Å². The smallest absolute Gasteiger partial charge is 0.271 e. The fourth-order valence-corrected chi connectivity index (χ4v) is 1.53. The molecule has 1 heterocycles. The highest BCUT2D eigenvalue weighted by atomic mass is 16.1. The van der Waals surface area contributed by atoms with Gasteiger partial charge < -0.3 is 10.6 Å². The summed E-state index contributed by atoms with van der Waals surface area (Å²) in [5.74, 6) is 1.04. The number of nitrogens with zero attached hydrogens (tertiary/aromatic N) is 2. The lowest BCUT2D eigenvalue weighted by Gasteiger charge is -2.07. The molecule has 5 heteroatoms. The maximum Gasteiger partial charge on any atom is 0.271 e. The topological polar surface area (TPSA) is 66.9 Å². The normalized spacial score (nSPS) is 14.8. The zero-order chi connectivity index (χ0) is 10.8. The number of carbonyl (C=O) groups excluding carboxylic acids is 1. The summed E-state index contributed by atoms with van der Waals surface area (Å²) in [7, 11) is 3.40. The Morgan fingerprint density at radius 2 is 2.13 bits per heavy atom. The monoisotopic (exact) mass is 206 g/mol. The van der Waals surface area contributed by atoms with Crippen LogP contribution in [0.3, 0.4) is 0 Å². The number of hydrogen-bond acceptors (Lipinski definition) is 4. The Hall–Kier alpha value is -1.65. The maximum atomic E-state index is 11.5. The van der Waals surface area contributed by atoms with Gasteiger partial charge in [-0.3, -0.25) is 4.79 Å². The Morgan fingerprint density at radius 3 is 2.67 bits per heavy atom. The molecule has 2 N–H and O–H groups in total. The fraction of sp³-hybridized carbons (Fsp3) is 0.500. The summed E-state index contributed by atoms with van der Waals surface area (Å²) in [4.78, 5) is 11.5. The van der Waals surface area contributed by atoms with Crippen LogP contribution in [0.25, 0.3) is 0 Å². The Bertz CT molecular complexity index is 387. The zero-order valence-electron chi connectivity index (χ0n) is 8.87. The van der Waals surface area contributed by atoms with Crippen molar-refractivity contribution < 1.29 is 4.79 Å². The molecule has 1 saturated carbocycles. The quantitative estimate of drug-likeness (QED) is 0.766. The van der Waals surface area contributed by atoms with E-state index < -0.39 is 0 Å². The number of carbonyl (C=O) groups is 1. The SMILES string of the molecule is CNC(=O)c1nnc(NC)cc1C1CC1. The van der Waals surface area contributed by atoms with Gasteiger partial charge >= 0.3 is 0 Å². The lowest BCUT2D eigenvalue weighted by atomic mass is 10.1. The molecular weight excluding hydrogens is 192 g/mol. The van der Waals surface area contributed by atoms with Gasteiger partial charge in [-0.25, -0.2) is 0 Å². The number of rotatable bonds is 3. The van der Waals surface area contributed by atoms with E-state index in [2.05, 4.69) is 20.8 Å². The number of hydrogen-bond donors (Lipinski definition) is 2. The van der Waals surface area contributed by atoms with Crippen LogP contribution in [0.4, 0.5) is 5.82 Å². The molecule has 15 heavy (non-hydrogen) atoms. The van der Waals surface area contributed by atoms with Crippen LogP contribution in [0.15, 0.2) is 6.07 Å². The van der Waals surface area contributed by atoms with Gasteiger partial charge in [0.2, 0.25) is 0 Å². The van der Waals surface area contributed by atoms with Gasteiger partial charge in [-0.15, -0.1) is 10.2 Å². The van der Waals surface area contributed by atoms with Crippen LogP contribution < -0.4 is 10.6 Å². The largest absolute Gasteiger partial charge is 0.372 e. The highest BCUT2D eigenvalue weighted by Gasteiger charge is 2.29. The summed E-state index contributed by atoms with van der Waals surface area (Å²) >= 11 is 0. The highest BCUT2D eigenvalue weighted by molar-refractivity contribution is 5.93. The second kappa shape index (κ2) is 3.84. The molecule has 2 rings (SSSR count). The fourth-order valence-electron chi connectivity index (χ4n) is 1.53. The average Bonchev–Trinajstić information content (AvgIpc) is 3.11. The van der Waals surface area contributed by atoms with E-state index in [0.717, 1.165) is 18.4 Å². The Labute approximate surface area is 88.3 Å².